The number of aryl methyl sites for hydroxylation is 2. The van der Waals surface area contributed by atoms with Crippen LogP contribution in [0.2, 0.25) is 0 Å². The van der Waals surface area contributed by atoms with Gasteiger partial charge in [-0.3, -0.25) is 4.98 Å². The van der Waals surface area contributed by atoms with Gasteiger partial charge in [0.1, 0.15) is 16.3 Å². The van der Waals surface area contributed by atoms with Crippen molar-refractivity contribution in [2.45, 2.75) is 58.6 Å². The Morgan fingerprint density at radius 2 is 1.92 bits per heavy atom. The summed E-state index contributed by atoms with van der Waals surface area (Å²) < 4.78 is 26.5. The van der Waals surface area contributed by atoms with Gasteiger partial charge in [-0.1, -0.05) is 0 Å². The number of thiazole rings is 1. The van der Waals surface area contributed by atoms with Crippen molar-refractivity contribution < 1.29 is 13.5 Å². The molecule has 1 saturated carbocycles. The molecular formula is C24H35N7O3S2. The first kappa shape index (κ1) is 26.6. The maximum Gasteiger partial charge on any atom is 0.224 e. The maximum absolute atomic E-state index is 12.1. The summed E-state index contributed by atoms with van der Waals surface area (Å²) in [6.07, 6.45) is 4.47. The summed E-state index contributed by atoms with van der Waals surface area (Å²) in [7, 11) is -0.299. The van der Waals surface area contributed by atoms with Gasteiger partial charge in [-0.15, -0.1) is 11.3 Å². The molecule has 196 valence electrons. The first-order valence-corrected chi connectivity index (χ1v) is 14.5. The number of anilines is 2. The number of hydrogen-bond donors (Lipinski definition) is 3. The topological polar surface area (TPSA) is 133 Å². The van der Waals surface area contributed by atoms with Crippen LogP contribution in [0.1, 0.15) is 44.5 Å². The van der Waals surface area contributed by atoms with E-state index in [0.717, 1.165) is 51.4 Å². The molecule has 0 saturated heterocycles. The largest absolute Gasteiger partial charge is 0.390 e. The Morgan fingerprint density at radius 3 is 2.56 bits per heavy atom. The molecule has 1 aliphatic carbocycles. The lowest BCUT2D eigenvalue weighted by Crippen LogP contribution is -2.30. The van der Waals surface area contributed by atoms with Gasteiger partial charge in [-0.2, -0.15) is 4.98 Å². The zero-order valence-corrected chi connectivity index (χ0v) is 23.3. The van der Waals surface area contributed by atoms with Crippen LogP contribution in [0.4, 0.5) is 11.8 Å². The number of aromatic nitrogens is 4. The van der Waals surface area contributed by atoms with Crippen molar-refractivity contribution >= 4 is 43.3 Å². The lowest BCUT2D eigenvalue weighted by atomic mass is 9.89. The third-order valence-corrected chi connectivity index (χ3v) is 9.64. The smallest absolute Gasteiger partial charge is 0.224 e. The number of pyridine rings is 1. The van der Waals surface area contributed by atoms with Gasteiger partial charge in [-0.05, 0) is 58.9 Å². The van der Waals surface area contributed by atoms with Crippen molar-refractivity contribution in [3.05, 3.63) is 23.7 Å². The molecule has 0 spiro atoms. The first-order valence-electron chi connectivity index (χ1n) is 12.1. The molecule has 4 rings (SSSR count). The number of nitrogens with zero attached hydrogens (tertiary/aromatic N) is 5. The average molecular weight is 534 g/mol. The van der Waals surface area contributed by atoms with E-state index in [0.29, 0.717) is 11.8 Å². The molecule has 1 aliphatic rings. The van der Waals surface area contributed by atoms with Crippen molar-refractivity contribution in [2.24, 2.45) is 5.92 Å². The fourth-order valence-corrected chi connectivity index (χ4v) is 6.36. The quantitative estimate of drug-likeness (QED) is 0.378. The number of rotatable bonds is 9. The molecule has 0 radical (unpaired) electrons. The Hall–Kier alpha value is -2.41. The number of sulfonamides is 1. The second kappa shape index (κ2) is 10.2. The standard InChI is InChI=1S/C24H35N7O3S2/c1-14-19(22-29-20-15(2)25-10-9-18(20)35-22)21(28-17-8-7-16(13-17)24(3,4)32)30-23(27-14)26-11-12-36(33,34)31(5)6/h9-10,16-17,32H,7-8,11-13H2,1-6H3,(H2,26,27,28,30). The molecule has 12 heteroatoms. The Balaban J connectivity index is 1.67. The van der Waals surface area contributed by atoms with Gasteiger partial charge < -0.3 is 15.7 Å². The number of aliphatic hydroxyl groups is 1. The van der Waals surface area contributed by atoms with Crippen LogP contribution in [0.25, 0.3) is 20.8 Å². The lowest BCUT2D eigenvalue weighted by molar-refractivity contribution is 0.0197. The number of nitrogens with one attached hydrogen (secondary N) is 2. The highest BCUT2D eigenvalue weighted by Gasteiger charge is 2.35. The lowest BCUT2D eigenvalue weighted by Gasteiger charge is -2.25. The van der Waals surface area contributed by atoms with E-state index < -0.39 is 15.6 Å². The van der Waals surface area contributed by atoms with E-state index in [1.807, 2.05) is 33.8 Å². The molecule has 0 aliphatic heterocycles. The predicted octanol–water partition coefficient (Wildman–Crippen LogP) is 3.42. The minimum atomic E-state index is -3.34. The fourth-order valence-electron chi connectivity index (χ4n) is 4.52. The molecule has 0 aromatic carbocycles. The van der Waals surface area contributed by atoms with E-state index in [4.69, 9.17) is 9.97 Å². The number of fused-ring (bicyclic) bond motifs is 1. The molecule has 3 N–H and O–H groups in total. The van der Waals surface area contributed by atoms with Crippen molar-refractivity contribution in [1.29, 1.82) is 0 Å². The summed E-state index contributed by atoms with van der Waals surface area (Å²) in [5, 5.41) is 18.0. The molecule has 2 unspecified atom stereocenters. The Labute approximate surface area is 216 Å². The average Bonchev–Trinajstić information content (AvgIpc) is 3.41. The van der Waals surface area contributed by atoms with Gasteiger partial charge in [0, 0.05) is 32.9 Å². The highest BCUT2D eigenvalue weighted by Crippen LogP contribution is 2.39. The third-order valence-electron chi connectivity index (χ3n) is 6.77. The van der Waals surface area contributed by atoms with Crippen LogP contribution in [0.5, 0.6) is 0 Å². The first-order chi connectivity index (χ1) is 16.8. The van der Waals surface area contributed by atoms with Gasteiger partial charge in [-0.25, -0.2) is 22.7 Å². The normalized spacial score (nSPS) is 18.8. The third kappa shape index (κ3) is 5.77. The van der Waals surface area contributed by atoms with Gasteiger partial charge >= 0.3 is 0 Å². The van der Waals surface area contributed by atoms with Gasteiger partial charge in [0.25, 0.3) is 0 Å². The molecule has 1 fully saturated rings. The molecular weight excluding hydrogens is 498 g/mol. The van der Waals surface area contributed by atoms with Crippen molar-refractivity contribution in [3.8, 4) is 10.6 Å². The summed E-state index contributed by atoms with van der Waals surface area (Å²) in [5.41, 5.74) is 2.57. The van der Waals surface area contributed by atoms with Crippen LogP contribution in [-0.4, -0.2) is 75.8 Å². The van der Waals surface area contributed by atoms with Crippen LogP contribution >= 0.6 is 11.3 Å². The molecule has 2 atom stereocenters. The molecule has 3 aromatic rings. The molecule has 10 nitrogen and oxygen atoms in total. The number of hydrogen-bond acceptors (Lipinski definition) is 10. The van der Waals surface area contributed by atoms with E-state index in [1.165, 1.54) is 18.4 Å². The van der Waals surface area contributed by atoms with E-state index in [9.17, 15) is 13.5 Å². The van der Waals surface area contributed by atoms with E-state index in [1.54, 1.807) is 17.5 Å². The summed E-state index contributed by atoms with van der Waals surface area (Å²) >= 11 is 1.57. The van der Waals surface area contributed by atoms with E-state index in [2.05, 4.69) is 20.6 Å². The maximum atomic E-state index is 12.1. The molecule has 36 heavy (non-hydrogen) atoms. The Bertz CT molecular complexity index is 1350. The zero-order chi connectivity index (χ0) is 26.3. The van der Waals surface area contributed by atoms with Crippen LogP contribution < -0.4 is 10.6 Å². The highest BCUT2D eigenvalue weighted by atomic mass is 32.2. The summed E-state index contributed by atoms with van der Waals surface area (Å²) in [5.74, 6) is 1.16. The van der Waals surface area contributed by atoms with E-state index >= 15 is 0 Å². The monoisotopic (exact) mass is 533 g/mol. The zero-order valence-electron chi connectivity index (χ0n) is 21.7. The summed E-state index contributed by atoms with van der Waals surface area (Å²) in [4.78, 5) is 18.6. The Morgan fingerprint density at radius 1 is 1.17 bits per heavy atom. The van der Waals surface area contributed by atoms with Crippen LogP contribution in [0, 0.1) is 19.8 Å². The van der Waals surface area contributed by atoms with E-state index in [-0.39, 0.29) is 24.3 Å². The van der Waals surface area contributed by atoms with Gasteiger partial charge in [0.05, 0.1) is 33.0 Å². The minimum absolute atomic E-state index is 0.0625. The SMILES string of the molecule is Cc1nc(NCCS(=O)(=O)N(C)C)nc(NC2CCC(C(C)(C)O)C2)c1-c1nc2c(C)nccc2s1. The van der Waals surface area contributed by atoms with Crippen molar-refractivity contribution in [3.63, 3.8) is 0 Å². The predicted molar refractivity (Wildman–Crippen MR) is 145 cm³/mol. The highest BCUT2D eigenvalue weighted by molar-refractivity contribution is 7.89. The summed E-state index contributed by atoms with van der Waals surface area (Å²) in [6.45, 7) is 7.77. The fraction of sp³-hybridized carbons (Fsp3) is 0.583. The summed E-state index contributed by atoms with van der Waals surface area (Å²) in [6, 6.07) is 2.10. The van der Waals surface area contributed by atoms with Crippen molar-refractivity contribution in [2.75, 3.05) is 37.0 Å². The van der Waals surface area contributed by atoms with Crippen LogP contribution in [0.15, 0.2) is 12.3 Å². The van der Waals surface area contributed by atoms with Gasteiger partial charge in [0.2, 0.25) is 16.0 Å². The molecule has 0 bridgehead atoms. The molecule has 3 aromatic heterocycles. The van der Waals surface area contributed by atoms with Crippen LogP contribution in [0.3, 0.4) is 0 Å². The second-order valence-corrected chi connectivity index (χ2v) is 13.5. The Kier molecular flexibility index (Phi) is 7.52. The van der Waals surface area contributed by atoms with Crippen molar-refractivity contribution in [1.82, 2.24) is 24.2 Å². The van der Waals surface area contributed by atoms with Crippen LogP contribution in [-0.2, 0) is 10.0 Å². The molecule has 0 amide bonds. The van der Waals surface area contributed by atoms with Gasteiger partial charge in [0.15, 0.2) is 0 Å². The minimum Gasteiger partial charge on any atom is -0.390 e. The second-order valence-electron chi connectivity index (χ2n) is 10.1. The molecule has 3 heterocycles.